The maximum Gasteiger partial charge on any atom is 0.191 e. The Balaban J connectivity index is 0.00000225. The van der Waals surface area contributed by atoms with Gasteiger partial charge in [0.15, 0.2) is 5.96 Å². The lowest BCUT2D eigenvalue weighted by molar-refractivity contribution is 0.114. The van der Waals surface area contributed by atoms with Crippen molar-refractivity contribution in [2.75, 3.05) is 37.7 Å². The Kier molecular flexibility index (Phi) is 8.29. The fraction of sp³-hybridized carbons (Fsp3) is 0.632. The van der Waals surface area contributed by atoms with E-state index in [-0.39, 0.29) is 24.0 Å². The van der Waals surface area contributed by atoms with Gasteiger partial charge in [0.05, 0.1) is 12.6 Å². The van der Waals surface area contributed by atoms with Gasteiger partial charge in [0, 0.05) is 38.0 Å². The Bertz CT molecular complexity index is 560. The average molecular weight is 458 g/mol. The van der Waals surface area contributed by atoms with Crippen molar-refractivity contribution in [2.45, 2.75) is 45.3 Å². The Labute approximate surface area is 168 Å². The van der Waals surface area contributed by atoms with Gasteiger partial charge in [0.2, 0.25) is 0 Å². The molecule has 0 spiro atoms. The number of hydrogen-bond acceptors (Lipinski definition) is 3. The highest BCUT2D eigenvalue weighted by atomic mass is 127. The Morgan fingerprint density at radius 2 is 2.20 bits per heavy atom. The summed E-state index contributed by atoms with van der Waals surface area (Å²) in [4.78, 5) is 7.26. The average Bonchev–Trinajstić information content (AvgIpc) is 3.26. The quantitative estimate of drug-likeness (QED) is 0.391. The van der Waals surface area contributed by atoms with Gasteiger partial charge in [-0.15, -0.1) is 24.0 Å². The fourth-order valence-electron chi connectivity index (χ4n) is 3.50. The van der Waals surface area contributed by atoms with E-state index in [9.17, 15) is 0 Å². The van der Waals surface area contributed by atoms with E-state index < -0.39 is 0 Å². The largest absolute Gasteiger partial charge is 0.376 e. The second-order valence-corrected chi connectivity index (χ2v) is 6.66. The van der Waals surface area contributed by atoms with Crippen molar-refractivity contribution >= 4 is 35.6 Å². The van der Waals surface area contributed by atoms with Crippen molar-refractivity contribution in [3.63, 3.8) is 0 Å². The first-order chi connectivity index (χ1) is 11.8. The Morgan fingerprint density at radius 3 is 2.96 bits per heavy atom. The summed E-state index contributed by atoms with van der Waals surface area (Å²) < 4.78 is 5.67. The zero-order chi connectivity index (χ0) is 16.8. The van der Waals surface area contributed by atoms with E-state index in [4.69, 9.17) is 9.73 Å². The zero-order valence-electron chi connectivity index (χ0n) is 15.3. The molecule has 0 bridgehead atoms. The predicted molar refractivity (Wildman–Crippen MR) is 115 cm³/mol. The molecule has 2 aliphatic rings. The van der Waals surface area contributed by atoms with Gasteiger partial charge in [-0.25, -0.2) is 0 Å². The van der Waals surface area contributed by atoms with Gasteiger partial charge >= 0.3 is 0 Å². The highest BCUT2D eigenvalue weighted by molar-refractivity contribution is 14.0. The van der Waals surface area contributed by atoms with Crippen molar-refractivity contribution in [3.05, 3.63) is 29.8 Å². The van der Waals surface area contributed by atoms with E-state index in [0.717, 1.165) is 51.6 Å². The van der Waals surface area contributed by atoms with E-state index in [1.807, 2.05) is 0 Å². The van der Waals surface area contributed by atoms with Crippen LogP contribution in [0.4, 0.5) is 5.69 Å². The van der Waals surface area contributed by atoms with Crippen molar-refractivity contribution in [2.24, 2.45) is 4.99 Å². The molecule has 3 rings (SSSR count). The van der Waals surface area contributed by atoms with Gasteiger partial charge in [-0.05, 0) is 44.7 Å². The molecule has 0 aromatic heterocycles. The molecule has 2 N–H and O–H groups in total. The van der Waals surface area contributed by atoms with Gasteiger partial charge in [-0.1, -0.05) is 18.2 Å². The summed E-state index contributed by atoms with van der Waals surface area (Å²) >= 11 is 0. The molecule has 140 valence electrons. The number of guanidine groups is 1. The van der Waals surface area contributed by atoms with Gasteiger partial charge in [-0.2, -0.15) is 0 Å². The maximum absolute atomic E-state index is 5.67. The highest BCUT2D eigenvalue weighted by Crippen LogP contribution is 2.29. The van der Waals surface area contributed by atoms with Gasteiger partial charge < -0.3 is 20.3 Å². The Morgan fingerprint density at radius 1 is 1.36 bits per heavy atom. The molecule has 0 radical (unpaired) electrons. The van der Waals surface area contributed by atoms with Gasteiger partial charge in [0.25, 0.3) is 0 Å². The van der Waals surface area contributed by atoms with Gasteiger partial charge in [-0.3, -0.25) is 4.99 Å². The number of benzene rings is 1. The number of aliphatic imine (C=N–C) groups is 1. The van der Waals surface area contributed by atoms with Crippen LogP contribution >= 0.6 is 24.0 Å². The van der Waals surface area contributed by atoms with Crippen LogP contribution in [0, 0.1) is 0 Å². The molecule has 0 aliphatic carbocycles. The number of halogens is 1. The van der Waals surface area contributed by atoms with Crippen LogP contribution in [0.5, 0.6) is 0 Å². The van der Waals surface area contributed by atoms with Crippen molar-refractivity contribution in [1.29, 1.82) is 0 Å². The zero-order valence-corrected chi connectivity index (χ0v) is 17.7. The lowest BCUT2D eigenvalue weighted by Gasteiger charge is -2.26. The van der Waals surface area contributed by atoms with E-state index in [1.54, 1.807) is 0 Å². The standard InChI is InChI=1S/C19H30N4O.HI/c1-3-20-19(22-14-17-8-6-12-24-17)21-13-15(2)23-11-10-16-7-4-5-9-18(16)23;/h4-5,7,9,15,17H,3,6,8,10-14H2,1-2H3,(H2,20,21,22);1H. The number of rotatable bonds is 6. The van der Waals surface area contributed by atoms with Crippen molar-refractivity contribution < 1.29 is 4.74 Å². The second-order valence-electron chi connectivity index (χ2n) is 6.66. The summed E-state index contributed by atoms with van der Waals surface area (Å²) in [6.45, 7) is 8.85. The first kappa shape index (κ1) is 20.3. The number of nitrogens with zero attached hydrogens (tertiary/aromatic N) is 2. The predicted octanol–water partition coefficient (Wildman–Crippen LogP) is 2.79. The molecule has 6 heteroatoms. The molecule has 0 saturated carbocycles. The molecule has 0 amide bonds. The monoisotopic (exact) mass is 458 g/mol. The smallest absolute Gasteiger partial charge is 0.191 e. The second kappa shape index (κ2) is 10.2. The third-order valence-corrected chi connectivity index (χ3v) is 4.83. The molecular weight excluding hydrogens is 427 g/mol. The summed E-state index contributed by atoms with van der Waals surface area (Å²) in [5.41, 5.74) is 2.83. The minimum Gasteiger partial charge on any atom is -0.376 e. The summed E-state index contributed by atoms with van der Waals surface area (Å²) in [7, 11) is 0. The number of para-hydroxylation sites is 1. The van der Waals surface area contributed by atoms with E-state index >= 15 is 0 Å². The molecule has 2 aliphatic heterocycles. The van der Waals surface area contributed by atoms with E-state index in [1.165, 1.54) is 17.7 Å². The first-order valence-electron chi connectivity index (χ1n) is 9.26. The molecular formula is C19H31IN4O. The van der Waals surface area contributed by atoms with E-state index in [0.29, 0.717) is 12.1 Å². The fourth-order valence-corrected chi connectivity index (χ4v) is 3.50. The number of fused-ring (bicyclic) bond motifs is 1. The van der Waals surface area contributed by atoms with Crippen LogP contribution < -0.4 is 15.5 Å². The van der Waals surface area contributed by atoms with Crippen LogP contribution in [0.25, 0.3) is 0 Å². The molecule has 2 unspecified atom stereocenters. The Hall–Kier alpha value is -1.02. The van der Waals surface area contributed by atoms with Crippen molar-refractivity contribution in [3.8, 4) is 0 Å². The van der Waals surface area contributed by atoms with E-state index in [2.05, 4.69) is 53.6 Å². The molecule has 2 atom stereocenters. The van der Waals surface area contributed by atoms with Crippen LogP contribution in [0.1, 0.15) is 32.3 Å². The normalized spacial score (nSPS) is 20.8. The molecule has 1 aromatic carbocycles. The van der Waals surface area contributed by atoms with Crippen LogP contribution in [-0.2, 0) is 11.2 Å². The number of nitrogens with one attached hydrogen (secondary N) is 2. The molecule has 1 saturated heterocycles. The number of hydrogen-bond donors (Lipinski definition) is 2. The molecule has 25 heavy (non-hydrogen) atoms. The summed E-state index contributed by atoms with van der Waals surface area (Å²) in [6, 6.07) is 9.11. The summed E-state index contributed by atoms with van der Waals surface area (Å²) in [5, 5.41) is 6.76. The topological polar surface area (TPSA) is 48.9 Å². The molecule has 1 fully saturated rings. The maximum atomic E-state index is 5.67. The minimum absolute atomic E-state index is 0. The highest BCUT2D eigenvalue weighted by Gasteiger charge is 2.22. The van der Waals surface area contributed by atoms with Crippen LogP contribution in [-0.4, -0.2) is 50.9 Å². The van der Waals surface area contributed by atoms with Gasteiger partial charge in [0.1, 0.15) is 0 Å². The van der Waals surface area contributed by atoms with Crippen LogP contribution in [0.15, 0.2) is 29.3 Å². The SMILES string of the molecule is CCNC(=NCC(C)N1CCc2ccccc21)NCC1CCCO1.I. The van der Waals surface area contributed by atoms with Crippen LogP contribution in [0.3, 0.4) is 0 Å². The third kappa shape index (κ3) is 5.48. The first-order valence-corrected chi connectivity index (χ1v) is 9.26. The molecule has 1 aromatic rings. The third-order valence-electron chi connectivity index (χ3n) is 4.83. The lowest BCUT2D eigenvalue weighted by Crippen LogP contribution is -2.42. The minimum atomic E-state index is 0. The molecule has 2 heterocycles. The lowest BCUT2D eigenvalue weighted by atomic mass is 10.2. The van der Waals surface area contributed by atoms with Crippen molar-refractivity contribution in [1.82, 2.24) is 10.6 Å². The molecule has 5 nitrogen and oxygen atoms in total. The number of anilines is 1. The number of ether oxygens (including phenoxy) is 1. The summed E-state index contributed by atoms with van der Waals surface area (Å²) in [6.07, 6.45) is 3.79. The summed E-state index contributed by atoms with van der Waals surface area (Å²) in [5.74, 6) is 0.896. The van der Waals surface area contributed by atoms with Crippen LogP contribution in [0.2, 0.25) is 0 Å².